The molecule has 4 heterocycles. The Hall–Kier alpha value is -4.59. The molecule has 1 unspecified atom stereocenters. The van der Waals surface area contributed by atoms with Gasteiger partial charge in [-0.3, -0.25) is 18.9 Å². The van der Waals surface area contributed by atoms with Gasteiger partial charge in [0.05, 0.1) is 24.1 Å². The normalized spacial score (nSPS) is 23.6. The van der Waals surface area contributed by atoms with Gasteiger partial charge in [-0.15, -0.1) is 0 Å². The molecule has 53 heavy (non-hydrogen) atoms. The minimum absolute atomic E-state index is 0.116. The third-order valence-corrected chi connectivity index (χ3v) is 10.4. The molecule has 0 radical (unpaired) electrons. The van der Waals surface area contributed by atoms with E-state index in [1.54, 1.807) is 58.0 Å². The highest BCUT2D eigenvalue weighted by molar-refractivity contribution is 7.52. The molecule has 2 fully saturated rings. The molecule has 5 rings (SSSR count). The van der Waals surface area contributed by atoms with Gasteiger partial charge in [-0.25, -0.2) is 14.1 Å². The third kappa shape index (κ3) is 9.32. The van der Waals surface area contributed by atoms with Gasteiger partial charge in [0.2, 0.25) is 5.60 Å². The summed E-state index contributed by atoms with van der Waals surface area (Å²) in [4.78, 5) is 43.4. The van der Waals surface area contributed by atoms with E-state index in [-0.39, 0.29) is 29.8 Å². The number of nitrogens with one attached hydrogen (secondary N) is 1. The molecule has 286 valence electrons. The van der Waals surface area contributed by atoms with Gasteiger partial charge >= 0.3 is 25.7 Å². The molecule has 1 aromatic carbocycles. The lowest BCUT2D eigenvalue weighted by Gasteiger charge is -2.31. The summed E-state index contributed by atoms with van der Waals surface area (Å²) >= 11 is 0. The van der Waals surface area contributed by atoms with Gasteiger partial charge in [0, 0.05) is 13.2 Å². The first-order chi connectivity index (χ1) is 25.3. The Kier molecular flexibility index (Phi) is 12.7. The minimum Gasteiger partial charge on any atom is -0.464 e. The number of benzene rings is 1. The zero-order chi connectivity index (χ0) is 38.3. The van der Waals surface area contributed by atoms with Gasteiger partial charge in [0.1, 0.15) is 42.4 Å². The highest BCUT2D eigenvalue weighted by Crippen LogP contribution is 2.50. The molecule has 2 aliphatic heterocycles. The molecule has 0 amide bonds. The number of carbonyl (C=O) groups excluding carboxylic acids is 3. The number of nitriles is 1. The topological polar surface area (TPSA) is 225 Å². The van der Waals surface area contributed by atoms with Crippen LogP contribution < -0.4 is 15.3 Å². The van der Waals surface area contributed by atoms with E-state index in [1.165, 1.54) is 29.9 Å². The van der Waals surface area contributed by atoms with Crippen LogP contribution >= 0.6 is 7.75 Å². The van der Waals surface area contributed by atoms with Crippen molar-refractivity contribution in [3.8, 4) is 11.8 Å². The largest absolute Gasteiger partial charge is 0.464 e. The van der Waals surface area contributed by atoms with E-state index in [4.69, 9.17) is 38.5 Å². The average molecular weight is 757 g/mol. The number of esters is 3. The van der Waals surface area contributed by atoms with Crippen LogP contribution in [0.4, 0.5) is 5.82 Å². The third-order valence-electron chi connectivity index (χ3n) is 8.75. The summed E-state index contributed by atoms with van der Waals surface area (Å²) in [6.07, 6.45) is -1.64. The Bertz CT molecular complexity index is 1840. The molecule has 3 N–H and O–H groups in total. The lowest BCUT2D eigenvalue weighted by molar-refractivity contribution is -0.173. The second kappa shape index (κ2) is 17.0. The molecule has 0 bridgehead atoms. The molecular weight excluding hydrogens is 711 g/mol. The Morgan fingerprint density at radius 2 is 1.72 bits per heavy atom. The number of hydrogen-bond donors (Lipinski definition) is 2. The second-order valence-corrected chi connectivity index (χ2v) is 15.2. The van der Waals surface area contributed by atoms with Crippen molar-refractivity contribution in [2.75, 3.05) is 32.2 Å². The predicted molar refractivity (Wildman–Crippen MR) is 187 cm³/mol. The number of nitrogens with two attached hydrogens (primary N) is 1. The number of nitrogen functional groups attached to an aromatic ring is 1. The first kappa shape index (κ1) is 39.6. The molecule has 0 aliphatic carbocycles. The van der Waals surface area contributed by atoms with Crippen molar-refractivity contribution in [1.82, 2.24) is 19.7 Å². The van der Waals surface area contributed by atoms with Crippen molar-refractivity contribution in [1.29, 1.82) is 5.26 Å². The summed E-state index contributed by atoms with van der Waals surface area (Å²) in [6, 6.07) is 12.1. The van der Waals surface area contributed by atoms with Crippen LogP contribution in [0.1, 0.15) is 59.3 Å². The summed E-state index contributed by atoms with van der Waals surface area (Å²) in [7, 11) is -4.58. The Labute approximate surface area is 306 Å². The summed E-state index contributed by atoms with van der Waals surface area (Å²) in [5, 5.41) is 17.7. The van der Waals surface area contributed by atoms with Crippen molar-refractivity contribution in [3.63, 3.8) is 0 Å². The van der Waals surface area contributed by atoms with Crippen LogP contribution in [0.5, 0.6) is 5.75 Å². The summed E-state index contributed by atoms with van der Waals surface area (Å²) in [6.45, 7) is 8.27. The van der Waals surface area contributed by atoms with Crippen LogP contribution in [0.2, 0.25) is 0 Å². The number of para-hydroxylation sites is 1. The van der Waals surface area contributed by atoms with E-state index < -0.39 is 74.1 Å². The Balaban J connectivity index is 1.49. The van der Waals surface area contributed by atoms with Crippen LogP contribution in [0.15, 0.2) is 48.8 Å². The molecule has 6 atom stereocenters. The predicted octanol–water partition coefficient (Wildman–Crippen LogP) is 3.93. The molecule has 2 aliphatic rings. The Morgan fingerprint density at radius 3 is 2.38 bits per heavy atom. The fraction of sp³-hybridized carbons (Fsp3) is 0.543. The minimum atomic E-state index is -4.58. The van der Waals surface area contributed by atoms with E-state index in [0.29, 0.717) is 18.7 Å². The van der Waals surface area contributed by atoms with E-state index in [2.05, 4.69) is 15.2 Å². The summed E-state index contributed by atoms with van der Waals surface area (Å²) in [5.74, 6) is -3.04. The number of hydrogen-bond acceptors (Lipinski definition) is 15. The highest BCUT2D eigenvalue weighted by Gasteiger charge is 2.62. The second-order valence-electron chi connectivity index (χ2n) is 13.5. The fourth-order valence-electron chi connectivity index (χ4n) is 5.68. The van der Waals surface area contributed by atoms with Crippen molar-refractivity contribution in [2.24, 2.45) is 17.8 Å². The van der Waals surface area contributed by atoms with Crippen LogP contribution in [0.25, 0.3) is 5.52 Å². The number of aromatic nitrogens is 3. The van der Waals surface area contributed by atoms with Crippen LogP contribution in [0, 0.1) is 29.1 Å². The van der Waals surface area contributed by atoms with Crippen LogP contribution in [-0.2, 0) is 47.2 Å². The lowest BCUT2D eigenvalue weighted by Crippen LogP contribution is -2.50. The fourth-order valence-corrected chi connectivity index (χ4v) is 7.20. The van der Waals surface area contributed by atoms with Gasteiger partial charge < -0.3 is 33.9 Å². The lowest BCUT2D eigenvalue weighted by atomic mass is 9.95. The number of rotatable bonds is 15. The molecule has 18 heteroatoms. The van der Waals surface area contributed by atoms with Gasteiger partial charge in [0.25, 0.3) is 0 Å². The van der Waals surface area contributed by atoms with E-state index >= 15 is 0 Å². The maximum Gasteiger partial charge on any atom is 0.459 e. The van der Waals surface area contributed by atoms with Crippen molar-refractivity contribution in [3.05, 3.63) is 54.5 Å². The maximum atomic E-state index is 14.6. The van der Waals surface area contributed by atoms with Gasteiger partial charge in [-0.1, -0.05) is 45.9 Å². The number of carbonyl (C=O) groups is 3. The van der Waals surface area contributed by atoms with E-state index in [0.717, 1.165) is 12.8 Å². The zero-order valence-electron chi connectivity index (χ0n) is 30.2. The SMILES string of the molecule is CC(C)C(=O)O[C@H]1[C@H](c2ccc3c(N)ncnn23)O[C@](C#N)(COP(=O)(N[C@@H](C)C(=O)OCC2CCOCC2)Oc2ccccc2)[C@H]1OC(=O)C(C)C. The van der Waals surface area contributed by atoms with Crippen molar-refractivity contribution >= 4 is 37.0 Å². The van der Waals surface area contributed by atoms with E-state index in [9.17, 15) is 24.2 Å². The van der Waals surface area contributed by atoms with Crippen molar-refractivity contribution in [2.45, 2.75) is 77.4 Å². The number of nitrogens with zero attached hydrogens (tertiary/aromatic N) is 4. The first-order valence-corrected chi connectivity index (χ1v) is 18.9. The Morgan fingerprint density at radius 1 is 1.04 bits per heavy atom. The van der Waals surface area contributed by atoms with Crippen LogP contribution in [-0.4, -0.2) is 82.8 Å². The summed E-state index contributed by atoms with van der Waals surface area (Å²) < 4.78 is 56.8. The average Bonchev–Trinajstić information content (AvgIpc) is 3.70. The first-order valence-electron chi connectivity index (χ1n) is 17.4. The standard InChI is InChI=1S/C35H45N6O11P/c1-21(2)32(42)49-29-28(26-11-12-27-31(37)38-20-39-41(26)27)51-35(18-36,30(29)50-33(43)22(3)4)19-48-53(45,52-25-9-7-6-8-10-25)40-23(5)34(44)47-17-24-13-15-46-16-14-24/h6-12,20-24,28-30H,13-17,19H2,1-5H3,(H,40,45)(H2,37,38,39)/t23-,28-,29-,30-,35+,53?/m0/s1. The van der Waals surface area contributed by atoms with Gasteiger partial charge in [0.15, 0.2) is 18.0 Å². The van der Waals surface area contributed by atoms with Gasteiger partial charge in [-0.05, 0) is 49.9 Å². The number of fused-ring (bicyclic) bond motifs is 1. The van der Waals surface area contributed by atoms with E-state index in [1.807, 2.05) is 6.07 Å². The van der Waals surface area contributed by atoms with Crippen molar-refractivity contribution < 1.29 is 51.7 Å². The summed E-state index contributed by atoms with van der Waals surface area (Å²) in [5.41, 5.74) is 4.49. The highest BCUT2D eigenvalue weighted by atomic mass is 31.2. The zero-order valence-corrected chi connectivity index (χ0v) is 31.1. The quantitative estimate of drug-likeness (QED) is 0.127. The number of anilines is 1. The molecule has 2 aromatic heterocycles. The molecule has 0 spiro atoms. The maximum absolute atomic E-state index is 14.6. The molecule has 0 saturated carbocycles. The van der Waals surface area contributed by atoms with Gasteiger partial charge in [-0.2, -0.15) is 15.4 Å². The molecule has 3 aromatic rings. The monoisotopic (exact) mass is 756 g/mol. The molecule has 2 saturated heterocycles. The molecular formula is C35H45N6O11P. The van der Waals surface area contributed by atoms with Crippen LogP contribution in [0.3, 0.4) is 0 Å². The smallest absolute Gasteiger partial charge is 0.459 e. The number of ether oxygens (including phenoxy) is 5. The molecule has 17 nitrogen and oxygen atoms in total.